The van der Waals surface area contributed by atoms with E-state index in [-0.39, 0.29) is 11.9 Å². The molecule has 0 radical (unpaired) electrons. The van der Waals surface area contributed by atoms with E-state index in [9.17, 15) is 4.79 Å². The van der Waals surface area contributed by atoms with Crippen molar-refractivity contribution < 1.29 is 4.79 Å². The maximum atomic E-state index is 12.1. The Morgan fingerprint density at radius 3 is 2.90 bits per heavy atom. The number of rotatable bonds is 4. The molecule has 0 bridgehead atoms. The van der Waals surface area contributed by atoms with E-state index in [1.54, 1.807) is 7.05 Å². The molecule has 6 heteroatoms. The van der Waals surface area contributed by atoms with E-state index < -0.39 is 0 Å². The van der Waals surface area contributed by atoms with Crippen LogP contribution in [-0.4, -0.2) is 55.0 Å². The Morgan fingerprint density at radius 1 is 1.50 bits per heavy atom. The fraction of sp³-hybridized carbons (Fsp3) is 0.643. The molecule has 0 aliphatic carbocycles. The molecule has 1 aromatic rings. The standard InChI is InChI=1S/C14H23N5O/c1-10-8-12(18(3)4)17-14(16-10)11-6-5-7-19(11)13(20)9-15-2/h8,11,15H,5-7,9H2,1-4H3. The number of nitrogens with one attached hydrogen (secondary N) is 1. The first kappa shape index (κ1) is 14.7. The minimum atomic E-state index is 0.00875. The second kappa shape index (κ2) is 6.17. The van der Waals surface area contributed by atoms with Gasteiger partial charge in [-0.1, -0.05) is 0 Å². The lowest BCUT2D eigenvalue weighted by molar-refractivity contribution is -0.131. The molecule has 0 saturated carbocycles. The van der Waals surface area contributed by atoms with Gasteiger partial charge in [-0.15, -0.1) is 0 Å². The van der Waals surface area contributed by atoms with Crippen LogP contribution in [0.2, 0.25) is 0 Å². The summed E-state index contributed by atoms with van der Waals surface area (Å²) >= 11 is 0. The fourth-order valence-corrected chi connectivity index (χ4v) is 2.54. The van der Waals surface area contributed by atoms with Gasteiger partial charge in [0, 0.05) is 32.4 Å². The van der Waals surface area contributed by atoms with E-state index in [2.05, 4.69) is 15.3 Å². The summed E-state index contributed by atoms with van der Waals surface area (Å²) in [5.74, 6) is 1.77. The van der Waals surface area contributed by atoms with Crippen molar-refractivity contribution in [3.05, 3.63) is 17.6 Å². The van der Waals surface area contributed by atoms with E-state index >= 15 is 0 Å². The van der Waals surface area contributed by atoms with Crippen LogP contribution in [0, 0.1) is 6.92 Å². The first-order valence-electron chi connectivity index (χ1n) is 7.00. The molecule has 1 saturated heterocycles. The number of amides is 1. The van der Waals surface area contributed by atoms with Crippen LogP contribution in [0.1, 0.15) is 30.4 Å². The van der Waals surface area contributed by atoms with Gasteiger partial charge in [-0.25, -0.2) is 9.97 Å². The SMILES string of the molecule is CNCC(=O)N1CCCC1c1nc(C)cc(N(C)C)n1. The Balaban J connectivity index is 2.27. The number of hydrogen-bond donors (Lipinski definition) is 1. The van der Waals surface area contributed by atoms with Crippen LogP contribution in [0.3, 0.4) is 0 Å². The molecule has 1 N–H and O–H groups in total. The molecule has 110 valence electrons. The molecular weight excluding hydrogens is 254 g/mol. The molecule has 1 aliphatic rings. The molecule has 1 atom stereocenters. The van der Waals surface area contributed by atoms with Gasteiger partial charge in [-0.05, 0) is 26.8 Å². The molecule has 0 spiro atoms. The zero-order valence-electron chi connectivity index (χ0n) is 12.7. The van der Waals surface area contributed by atoms with Gasteiger partial charge in [0.1, 0.15) is 5.82 Å². The van der Waals surface area contributed by atoms with Gasteiger partial charge in [0.2, 0.25) is 5.91 Å². The Morgan fingerprint density at radius 2 is 2.25 bits per heavy atom. The molecule has 1 unspecified atom stereocenters. The molecule has 0 aromatic carbocycles. The average Bonchev–Trinajstić information content (AvgIpc) is 2.87. The maximum absolute atomic E-state index is 12.1. The number of carbonyl (C=O) groups excluding carboxylic acids is 1. The number of carbonyl (C=O) groups is 1. The van der Waals surface area contributed by atoms with Crippen LogP contribution in [-0.2, 0) is 4.79 Å². The van der Waals surface area contributed by atoms with Crippen molar-refractivity contribution in [1.82, 2.24) is 20.2 Å². The van der Waals surface area contributed by atoms with Crippen LogP contribution >= 0.6 is 0 Å². The maximum Gasteiger partial charge on any atom is 0.237 e. The second-order valence-electron chi connectivity index (χ2n) is 5.40. The van der Waals surface area contributed by atoms with Gasteiger partial charge in [0.25, 0.3) is 0 Å². The van der Waals surface area contributed by atoms with E-state index in [1.807, 2.05) is 36.9 Å². The predicted molar refractivity (Wildman–Crippen MR) is 78.7 cm³/mol. The molecule has 2 heterocycles. The number of likely N-dealkylation sites (N-methyl/N-ethyl adjacent to an activating group) is 1. The number of anilines is 1. The zero-order chi connectivity index (χ0) is 14.7. The minimum absolute atomic E-state index is 0.00875. The average molecular weight is 277 g/mol. The third-order valence-corrected chi connectivity index (χ3v) is 3.52. The van der Waals surface area contributed by atoms with Crippen molar-refractivity contribution in [2.24, 2.45) is 0 Å². The van der Waals surface area contributed by atoms with E-state index in [0.717, 1.165) is 36.7 Å². The first-order valence-corrected chi connectivity index (χ1v) is 7.00. The third-order valence-electron chi connectivity index (χ3n) is 3.52. The lowest BCUT2D eigenvalue weighted by atomic mass is 10.2. The minimum Gasteiger partial charge on any atom is -0.363 e. The van der Waals surface area contributed by atoms with Gasteiger partial charge in [-0.2, -0.15) is 0 Å². The van der Waals surface area contributed by atoms with Crippen LogP contribution in [0.4, 0.5) is 5.82 Å². The Hall–Kier alpha value is -1.69. The number of aryl methyl sites for hydroxylation is 1. The molecule has 20 heavy (non-hydrogen) atoms. The normalized spacial score (nSPS) is 18.4. The monoisotopic (exact) mass is 277 g/mol. The highest BCUT2D eigenvalue weighted by atomic mass is 16.2. The van der Waals surface area contributed by atoms with Crippen LogP contribution in [0.5, 0.6) is 0 Å². The van der Waals surface area contributed by atoms with Crippen LogP contribution in [0.25, 0.3) is 0 Å². The lowest BCUT2D eigenvalue weighted by Gasteiger charge is -2.24. The summed E-state index contributed by atoms with van der Waals surface area (Å²) in [6, 6.07) is 1.97. The third kappa shape index (κ3) is 3.07. The summed E-state index contributed by atoms with van der Waals surface area (Å²) in [7, 11) is 5.71. The van der Waals surface area contributed by atoms with Gasteiger partial charge in [-0.3, -0.25) is 4.79 Å². The molecule has 1 fully saturated rings. The summed E-state index contributed by atoms with van der Waals surface area (Å²) < 4.78 is 0. The van der Waals surface area contributed by atoms with Crippen molar-refractivity contribution >= 4 is 11.7 Å². The lowest BCUT2D eigenvalue weighted by Crippen LogP contribution is -2.37. The van der Waals surface area contributed by atoms with Crippen molar-refractivity contribution in [2.45, 2.75) is 25.8 Å². The molecule has 2 rings (SSSR count). The first-order chi connectivity index (χ1) is 9.52. The summed E-state index contributed by atoms with van der Waals surface area (Å²) in [6.45, 7) is 3.12. The summed E-state index contributed by atoms with van der Waals surface area (Å²) in [5.41, 5.74) is 0.937. The van der Waals surface area contributed by atoms with Crippen LogP contribution < -0.4 is 10.2 Å². The zero-order valence-corrected chi connectivity index (χ0v) is 12.7. The number of hydrogen-bond acceptors (Lipinski definition) is 5. The topological polar surface area (TPSA) is 61.4 Å². The van der Waals surface area contributed by atoms with Gasteiger partial charge < -0.3 is 15.1 Å². The van der Waals surface area contributed by atoms with E-state index in [4.69, 9.17) is 0 Å². The second-order valence-corrected chi connectivity index (χ2v) is 5.40. The summed E-state index contributed by atoms with van der Waals surface area (Å²) in [6.07, 6.45) is 1.94. The van der Waals surface area contributed by atoms with Gasteiger partial charge >= 0.3 is 0 Å². The van der Waals surface area contributed by atoms with Crippen molar-refractivity contribution in [1.29, 1.82) is 0 Å². The molecule has 1 amide bonds. The summed E-state index contributed by atoms with van der Waals surface area (Å²) in [5, 5.41) is 2.92. The molecular formula is C14H23N5O. The molecule has 1 aliphatic heterocycles. The number of nitrogens with zero attached hydrogens (tertiary/aromatic N) is 4. The predicted octanol–water partition coefficient (Wildman–Crippen LogP) is 0.734. The number of likely N-dealkylation sites (tertiary alicyclic amines) is 1. The Bertz CT molecular complexity index is 488. The van der Waals surface area contributed by atoms with Crippen molar-refractivity contribution in [3.63, 3.8) is 0 Å². The Kier molecular flexibility index (Phi) is 4.54. The highest BCUT2D eigenvalue weighted by Gasteiger charge is 2.31. The van der Waals surface area contributed by atoms with Crippen molar-refractivity contribution in [3.8, 4) is 0 Å². The fourth-order valence-electron chi connectivity index (χ4n) is 2.54. The largest absolute Gasteiger partial charge is 0.363 e. The smallest absolute Gasteiger partial charge is 0.237 e. The highest BCUT2D eigenvalue weighted by Crippen LogP contribution is 2.30. The van der Waals surface area contributed by atoms with E-state index in [1.165, 1.54) is 0 Å². The Labute approximate surface area is 120 Å². The molecule has 6 nitrogen and oxygen atoms in total. The number of aromatic nitrogens is 2. The quantitative estimate of drug-likeness (QED) is 0.879. The summed E-state index contributed by atoms with van der Waals surface area (Å²) in [4.78, 5) is 25.1. The van der Waals surface area contributed by atoms with Gasteiger partial charge in [0.15, 0.2) is 5.82 Å². The van der Waals surface area contributed by atoms with Gasteiger partial charge in [0.05, 0.1) is 12.6 Å². The van der Waals surface area contributed by atoms with Crippen LogP contribution in [0.15, 0.2) is 6.07 Å². The van der Waals surface area contributed by atoms with E-state index in [0.29, 0.717) is 6.54 Å². The molecule has 1 aromatic heterocycles. The highest BCUT2D eigenvalue weighted by molar-refractivity contribution is 5.79. The van der Waals surface area contributed by atoms with Crippen molar-refractivity contribution in [2.75, 3.05) is 39.1 Å².